The van der Waals surface area contributed by atoms with Crippen molar-refractivity contribution in [1.29, 1.82) is 0 Å². The minimum atomic E-state index is -0.114. The van der Waals surface area contributed by atoms with E-state index < -0.39 is 0 Å². The third kappa shape index (κ3) is 10.0. The van der Waals surface area contributed by atoms with Gasteiger partial charge in [-0.2, -0.15) is 0 Å². The molecule has 5 heteroatoms. The second-order valence-corrected chi connectivity index (χ2v) is 10.0. The van der Waals surface area contributed by atoms with Gasteiger partial charge >= 0.3 is 0 Å². The predicted molar refractivity (Wildman–Crippen MR) is 166 cm³/mol. The zero-order chi connectivity index (χ0) is 30.7. The molecule has 4 aromatic carbocycles. The number of aryl methyl sites for hydroxylation is 4. The van der Waals surface area contributed by atoms with Gasteiger partial charge in [-0.05, 0) is 130 Å². The maximum absolute atomic E-state index is 12.0. The Hall–Kier alpha value is -4.77. The zero-order valence-corrected chi connectivity index (χ0v) is 24.8. The number of hydrogen-bond acceptors (Lipinski definition) is 5. The molecule has 4 aromatic rings. The molecular formula is C36H38O5. The van der Waals surface area contributed by atoms with E-state index in [0.717, 1.165) is 17.4 Å². The smallest absolute Gasteiger partial charge is 0.185 e. The van der Waals surface area contributed by atoms with Crippen molar-refractivity contribution in [2.24, 2.45) is 0 Å². The number of ketones is 2. The van der Waals surface area contributed by atoms with Crippen molar-refractivity contribution in [3.63, 3.8) is 0 Å². The first-order chi connectivity index (χ1) is 19.3. The molecule has 0 saturated carbocycles. The monoisotopic (exact) mass is 550 g/mol. The van der Waals surface area contributed by atoms with Gasteiger partial charge in [0.15, 0.2) is 11.6 Å². The molecule has 0 unspecified atom stereocenters. The summed E-state index contributed by atoms with van der Waals surface area (Å²) in [7, 11) is 0. The molecule has 0 aliphatic carbocycles. The number of Topliss-reactive ketones (excluding diaryl/α,β-unsaturated/α-hetero) is 1. The van der Waals surface area contributed by atoms with Gasteiger partial charge < -0.3 is 10.2 Å². The van der Waals surface area contributed by atoms with Gasteiger partial charge in [-0.15, -0.1) is 0 Å². The fourth-order valence-corrected chi connectivity index (χ4v) is 3.95. The third-order valence-corrected chi connectivity index (χ3v) is 6.85. The molecule has 2 N–H and O–H groups in total. The summed E-state index contributed by atoms with van der Waals surface area (Å²) in [6.45, 7) is 13.8. The Morgan fingerprint density at radius 1 is 0.610 bits per heavy atom. The number of aldehydes is 1. The Bertz CT molecular complexity index is 1530. The van der Waals surface area contributed by atoms with Crippen LogP contribution < -0.4 is 0 Å². The molecule has 0 radical (unpaired) electrons. The molecule has 0 bridgehead atoms. The van der Waals surface area contributed by atoms with Gasteiger partial charge in [0.1, 0.15) is 17.8 Å². The first-order valence-corrected chi connectivity index (χ1v) is 13.2. The van der Waals surface area contributed by atoms with Crippen molar-refractivity contribution in [2.45, 2.75) is 48.5 Å². The van der Waals surface area contributed by atoms with E-state index in [0.29, 0.717) is 11.1 Å². The summed E-state index contributed by atoms with van der Waals surface area (Å²) < 4.78 is 0. The van der Waals surface area contributed by atoms with Gasteiger partial charge in [0.2, 0.25) is 0 Å². The summed E-state index contributed by atoms with van der Waals surface area (Å²) in [5, 5.41) is 18.3. The lowest BCUT2D eigenvalue weighted by Crippen LogP contribution is -1.93. The van der Waals surface area contributed by atoms with Crippen LogP contribution in [0.15, 0.2) is 78.9 Å². The Balaban J connectivity index is 0.000000236. The van der Waals surface area contributed by atoms with Crippen molar-refractivity contribution in [3.05, 3.63) is 135 Å². The Labute approximate surface area is 242 Å². The largest absolute Gasteiger partial charge is 0.508 e. The summed E-state index contributed by atoms with van der Waals surface area (Å²) in [4.78, 5) is 33.1. The first-order valence-electron chi connectivity index (χ1n) is 13.2. The highest BCUT2D eigenvalue weighted by Gasteiger charge is 2.04. The molecule has 0 aromatic heterocycles. The molecule has 41 heavy (non-hydrogen) atoms. The molecule has 212 valence electrons. The van der Waals surface area contributed by atoms with Crippen molar-refractivity contribution in [2.75, 3.05) is 0 Å². The van der Waals surface area contributed by atoms with Crippen LogP contribution in [0.3, 0.4) is 0 Å². The molecular weight excluding hydrogens is 512 g/mol. The minimum Gasteiger partial charge on any atom is -0.508 e. The van der Waals surface area contributed by atoms with E-state index in [9.17, 15) is 19.5 Å². The number of allylic oxidation sites excluding steroid dienone is 1. The standard InChI is InChI=1S/C18H18O2.C10H12O.C8H8O2/c1-12-9-15(10-13(2)14(12)3)7-8-18(20)16-5-4-6-17(19)11-16;1-7-4-10(6-11)5-8(2)9(7)3;1-6(9)7-3-2-4-8(10)5-7/h4-11,19H,1-3H3;4-6H,1-3H3;2-5,10H,1H3/b8-7+;;. The van der Waals surface area contributed by atoms with Gasteiger partial charge in [0.25, 0.3) is 0 Å². The van der Waals surface area contributed by atoms with Crippen LogP contribution in [-0.4, -0.2) is 28.1 Å². The molecule has 0 amide bonds. The molecule has 0 fully saturated rings. The summed E-state index contributed by atoms with van der Waals surface area (Å²) >= 11 is 0. The van der Waals surface area contributed by atoms with E-state index in [2.05, 4.69) is 39.8 Å². The molecule has 4 rings (SSSR count). The molecule has 5 nitrogen and oxygen atoms in total. The van der Waals surface area contributed by atoms with Crippen LogP contribution in [0.25, 0.3) is 6.08 Å². The molecule has 0 spiro atoms. The van der Waals surface area contributed by atoms with E-state index in [-0.39, 0.29) is 23.1 Å². The zero-order valence-electron chi connectivity index (χ0n) is 24.8. The number of phenols is 2. The molecule has 0 saturated heterocycles. The summed E-state index contributed by atoms with van der Waals surface area (Å²) in [5.74, 6) is 0.0895. The van der Waals surface area contributed by atoms with E-state index in [1.807, 2.05) is 32.1 Å². The summed E-state index contributed by atoms with van der Waals surface area (Å²) in [5.41, 5.74) is 10.2. The maximum atomic E-state index is 12.0. The highest BCUT2D eigenvalue weighted by molar-refractivity contribution is 6.07. The molecule has 0 aliphatic rings. The second-order valence-electron chi connectivity index (χ2n) is 10.0. The van der Waals surface area contributed by atoms with Gasteiger partial charge in [-0.25, -0.2) is 0 Å². The average Bonchev–Trinajstić information content (AvgIpc) is 2.93. The number of benzene rings is 4. The van der Waals surface area contributed by atoms with Crippen LogP contribution in [0.1, 0.15) is 76.9 Å². The van der Waals surface area contributed by atoms with Gasteiger partial charge in [0, 0.05) is 16.7 Å². The maximum Gasteiger partial charge on any atom is 0.185 e. The van der Waals surface area contributed by atoms with Gasteiger partial charge in [-0.3, -0.25) is 14.4 Å². The van der Waals surface area contributed by atoms with Crippen molar-refractivity contribution in [1.82, 2.24) is 0 Å². The third-order valence-electron chi connectivity index (χ3n) is 6.85. The Kier molecular flexibility index (Phi) is 12.0. The lowest BCUT2D eigenvalue weighted by molar-refractivity contribution is 0.101. The van der Waals surface area contributed by atoms with Crippen molar-refractivity contribution >= 4 is 23.9 Å². The van der Waals surface area contributed by atoms with Gasteiger partial charge in [-0.1, -0.05) is 42.5 Å². The quantitative estimate of drug-likeness (QED) is 0.148. The number of hydrogen-bond donors (Lipinski definition) is 2. The van der Waals surface area contributed by atoms with Crippen LogP contribution in [0, 0.1) is 41.5 Å². The van der Waals surface area contributed by atoms with Crippen LogP contribution in [0.4, 0.5) is 0 Å². The average molecular weight is 551 g/mol. The van der Waals surface area contributed by atoms with Crippen LogP contribution >= 0.6 is 0 Å². The van der Waals surface area contributed by atoms with Crippen LogP contribution in [0.5, 0.6) is 11.5 Å². The molecule has 0 heterocycles. The van der Waals surface area contributed by atoms with Gasteiger partial charge in [0.05, 0.1) is 0 Å². The Morgan fingerprint density at radius 3 is 1.41 bits per heavy atom. The molecule has 0 aliphatic heterocycles. The number of aromatic hydroxyl groups is 2. The fraction of sp³-hybridized carbons (Fsp3) is 0.194. The van der Waals surface area contributed by atoms with Crippen molar-refractivity contribution < 1.29 is 24.6 Å². The fourth-order valence-electron chi connectivity index (χ4n) is 3.95. The minimum absolute atomic E-state index is 0.0316. The SMILES string of the molecule is CC(=O)c1cccc(O)c1.Cc1cc(/C=C/C(=O)c2cccc(O)c2)cc(C)c1C.Cc1cc(C=O)cc(C)c1C. The topological polar surface area (TPSA) is 91.7 Å². The van der Waals surface area contributed by atoms with E-state index >= 15 is 0 Å². The predicted octanol–water partition coefficient (Wildman–Crippen LogP) is 8.23. The van der Waals surface area contributed by atoms with E-state index in [4.69, 9.17) is 5.11 Å². The molecule has 0 atom stereocenters. The van der Waals surface area contributed by atoms with Crippen LogP contribution in [-0.2, 0) is 0 Å². The number of phenolic OH excluding ortho intramolecular Hbond substituents is 2. The number of rotatable bonds is 5. The number of carbonyl (C=O) groups excluding carboxylic acids is 3. The summed E-state index contributed by atoms with van der Waals surface area (Å²) in [6, 6.07) is 20.6. The van der Waals surface area contributed by atoms with E-state index in [1.165, 1.54) is 64.6 Å². The Morgan fingerprint density at radius 2 is 1.02 bits per heavy atom. The van der Waals surface area contributed by atoms with E-state index in [1.54, 1.807) is 30.3 Å². The summed E-state index contributed by atoms with van der Waals surface area (Å²) in [6.07, 6.45) is 4.24. The van der Waals surface area contributed by atoms with Crippen LogP contribution in [0.2, 0.25) is 0 Å². The lowest BCUT2D eigenvalue weighted by atomic mass is 10.00. The lowest BCUT2D eigenvalue weighted by Gasteiger charge is -2.06. The first kappa shape index (κ1) is 32.4. The highest BCUT2D eigenvalue weighted by atomic mass is 16.3. The van der Waals surface area contributed by atoms with Crippen molar-refractivity contribution in [3.8, 4) is 11.5 Å². The second kappa shape index (κ2) is 15.1. The number of carbonyl (C=O) groups is 3. The normalized spacial score (nSPS) is 10.2. The highest BCUT2D eigenvalue weighted by Crippen LogP contribution is 2.18.